The summed E-state index contributed by atoms with van der Waals surface area (Å²) in [6.07, 6.45) is -5.51. The van der Waals surface area contributed by atoms with Gasteiger partial charge in [0, 0.05) is 5.56 Å². The van der Waals surface area contributed by atoms with Gasteiger partial charge >= 0.3 is 0 Å². The maximum Gasteiger partial charge on any atom is 0.229 e. The van der Waals surface area contributed by atoms with Crippen LogP contribution >= 0.6 is 0 Å². The van der Waals surface area contributed by atoms with Crippen molar-refractivity contribution in [2.45, 2.75) is 42.9 Å². The highest BCUT2D eigenvalue weighted by Crippen LogP contribution is 2.47. The molecule has 12 nitrogen and oxygen atoms in total. The van der Waals surface area contributed by atoms with Gasteiger partial charge in [-0.1, -0.05) is 18.2 Å². The minimum absolute atomic E-state index is 0.136. The lowest BCUT2D eigenvalue weighted by atomic mass is 9.99. The molecule has 4 rings (SSSR count). The molecule has 0 unspecified atom stereocenters. The molecule has 0 spiro atoms. The summed E-state index contributed by atoms with van der Waals surface area (Å²) in [5, 5.41) is 58.9. The Kier molecular flexibility index (Phi) is 8.95. The number of rotatable bonds is 9. The van der Waals surface area contributed by atoms with Crippen LogP contribution in [-0.2, 0) is 4.74 Å². The molecule has 0 aromatic heterocycles. The Bertz CT molecular complexity index is 1120. The van der Waals surface area contributed by atoms with Crippen LogP contribution < -0.4 is 23.7 Å². The topological polar surface area (TPSA) is 177 Å². The maximum atomic E-state index is 10.3. The van der Waals surface area contributed by atoms with E-state index in [1.54, 1.807) is 36.4 Å². The number of aliphatic hydroxyl groups excluding tert-OH is 6. The first-order valence-corrected chi connectivity index (χ1v) is 11.9. The number of ether oxygens (including phenoxy) is 6. The second-order valence-corrected chi connectivity index (χ2v) is 8.74. The van der Waals surface area contributed by atoms with Crippen LogP contribution in [0, 0.1) is 0 Å². The minimum Gasteiger partial charge on any atom is -0.493 e. The third kappa shape index (κ3) is 5.52. The van der Waals surface area contributed by atoms with Crippen molar-refractivity contribution >= 4 is 6.08 Å². The van der Waals surface area contributed by atoms with Crippen molar-refractivity contribution in [1.82, 2.24) is 0 Å². The monoisotopic (exact) mass is 536 g/mol. The third-order valence-electron chi connectivity index (χ3n) is 6.33. The molecule has 2 heterocycles. The van der Waals surface area contributed by atoms with Crippen molar-refractivity contribution in [1.29, 1.82) is 0 Å². The molecule has 0 radical (unpaired) electrons. The number of aliphatic hydroxyl groups is 6. The fourth-order valence-electron chi connectivity index (χ4n) is 4.33. The first kappa shape index (κ1) is 27.9. The molecule has 0 amide bonds. The van der Waals surface area contributed by atoms with Gasteiger partial charge in [-0.05, 0) is 29.8 Å². The Hall–Kier alpha value is -3.10. The van der Waals surface area contributed by atoms with E-state index in [1.807, 2.05) is 0 Å². The zero-order valence-electron chi connectivity index (χ0n) is 20.8. The number of methoxy groups -OCH3 is 2. The van der Waals surface area contributed by atoms with Crippen LogP contribution in [0.2, 0.25) is 0 Å². The van der Waals surface area contributed by atoms with Crippen LogP contribution in [-0.4, -0.2) is 101 Å². The molecule has 12 heteroatoms. The zero-order chi connectivity index (χ0) is 27.4. The molecule has 208 valence electrons. The van der Waals surface area contributed by atoms with E-state index in [0.29, 0.717) is 28.4 Å². The molecule has 2 aliphatic heterocycles. The molecule has 0 saturated carbocycles. The van der Waals surface area contributed by atoms with Crippen molar-refractivity contribution in [3.63, 3.8) is 0 Å². The molecule has 2 aromatic carbocycles. The molecule has 6 N–H and O–H groups in total. The van der Waals surface area contributed by atoms with Gasteiger partial charge in [0.25, 0.3) is 0 Å². The molecule has 0 bridgehead atoms. The summed E-state index contributed by atoms with van der Waals surface area (Å²) in [6.45, 7) is -1.10. The van der Waals surface area contributed by atoms with Gasteiger partial charge in [-0.25, -0.2) is 0 Å². The maximum absolute atomic E-state index is 10.3. The van der Waals surface area contributed by atoms with Crippen LogP contribution in [0.15, 0.2) is 36.4 Å². The van der Waals surface area contributed by atoms with Gasteiger partial charge in [-0.15, -0.1) is 0 Å². The summed E-state index contributed by atoms with van der Waals surface area (Å²) in [5.41, 5.74) is 1.28. The van der Waals surface area contributed by atoms with Gasteiger partial charge < -0.3 is 59.1 Å². The third-order valence-corrected chi connectivity index (χ3v) is 6.33. The Morgan fingerprint density at radius 1 is 0.816 bits per heavy atom. The molecule has 38 heavy (non-hydrogen) atoms. The Morgan fingerprint density at radius 2 is 1.55 bits per heavy atom. The first-order valence-electron chi connectivity index (χ1n) is 11.9. The quantitative estimate of drug-likeness (QED) is 0.248. The molecule has 2 aliphatic rings. The highest BCUT2D eigenvalue weighted by atomic mass is 16.7. The van der Waals surface area contributed by atoms with E-state index in [4.69, 9.17) is 33.5 Å². The highest BCUT2D eigenvalue weighted by molar-refractivity contribution is 5.63. The summed E-state index contributed by atoms with van der Waals surface area (Å²) in [6, 6.07) is 8.23. The van der Waals surface area contributed by atoms with Crippen molar-refractivity contribution < 1.29 is 59.1 Å². The van der Waals surface area contributed by atoms with Gasteiger partial charge in [0.05, 0.1) is 34.0 Å². The van der Waals surface area contributed by atoms with E-state index >= 15 is 0 Å². The summed E-state index contributed by atoms with van der Waals surface area (Å²) >= 11 is 0. The lowest BCUT2D eigenvalue weighted by Gasteiger charge is -2.39. The van der Waals surface area contributed by atoms with E-state index in [-0.39, 0.29) is 24.7 Å². The van der Waals surface area contributed by atoms with E-state index in [1.165, 1.54) is 20.3 Å². The average molecular weight is 537 g/mol. The second kappa shape index (κ2) is 12.2. The van der Waals surface area contributed by atoms with Gasteiger partial charge in [-0.3, -0.25) is 0 Å². The van der Waals surface area contributed by atoms with E-state index in [9.17, 15) is 25.5 Å². The number of benzene rings is 2. The average Bonchev–Trinajstić information content (AvgIpc) is 2.95. The lowest BCUT2D eigenvalue weighted by Crippen LogP contribution is -2.60. The van der Waals surface area contributed by atoms with Crippen LogP contribution in [0.5, 0.6) is 28.7 Å². The van der Waals surface area contributed by atoms with Crippen molar-refractivity contribution in [3.05, 3.63) is 47.5 Å². The Labute approximate surface area is 218 Å². The summed E-state index contributed by atoms with van der Waals surface area (Å²) in [7, 11) is 2.89. The smallest absolute Gasteiger partial charge is 0.229 e. The van der Waals surface area contributed by atoms with E-state index < -0.39 is 49.5 Å². The normalized spacial score (nSPS) is 28.8. The van der Waals surface area contributed by atoms with Crippen LogP contribution in [0.25, 0.3) is 6.08 Å². The van der Waals surface area contributed by atoms with Gasteiger partial charge in [0.15, 0.2) is 35.2 Å². The molecule has 2 aromatic rings. The highest BCUT2D eigenvalue weighted by Gasteiger charge is 2.45. The fraction of sp³-hybridized carbons (Fsp3) is 0.462. The molecular weight excluding hydrogens is 504 g/mol. The van der Waals surface area contributed by atoms with Gasteiger partial charge in [-0.2, -0.15) is 0 Å². The second-order valence-electron chi connectivity index (χ2n) is 8.74. The molecule has 1 fully saturated rings. The summed E-state index contributed by atoms with van der Waals surface area (Å²) in [5.74, 6) is 1.48. The summed E-state index contributed by atoms with van der Waals surface area (Å²) < 4.78 is 34.3. The number of hydrogen-bond acceptors (Lipinski definition) is 12. The SMILES string of the molecule is COc1cc([C@@H]2Oc3cc(C=CCO)cc(OC)c3O[C@@H]2CO)ccc1O[C@H]1O[C@@H](CO)[C@H](O)[C@@H](O)[C@@H]1O. The molecule has 0 aliphatic carbocycles. The zero-order valence-corrected chi connectivity index (χ0v) is 20.8. The van der Waals surface area contributed by atoms with E-state index in [0.717, 1.165) is 0 Å². The Balaban J connectivity index is 1.61. The standard InChI is InChI=1S/C26H32O12/c1-33-16-10-14(5-6-15(16)37-26-23(32)22(31)21(30)19(11-28)38-26)24-20(12-29)36-25-17(34-2)8-13(4-3-7-27)9-18(25)35-24/h3-6,8-10,19-24,26-32H,7,11-12H2,1-2H3/t19-,20+,21-,22+,23-,24-,26-/m0/s1. The largest absolute Gasteiger partial charge is 0.493 e. The predicted octanol–water partition coefficient (Wildman–Crippen LogP) is -0.239. The molecule has 7 atom stereocenters. The fourth-order valence-corrected chi connectivity index (χ4v) is 4.33. The van der Waals surface area contributed by atoms with Crippen LogP contribution in [0.3, 0.4) is 0 Å². The van der Waals surface area contributed by atoms with Crippen molar-refractivity contribution in [2.75, 3.05) is 34.0 Å². The summed E-state index contributed by atoms with van der Waals surface area (Å²) in [4.78, 5) is 0. The van der Waals surface area contributed by atoms with Crippen molar-refractivity contribution in [3.8, 4) is 28.7 Å². The number of fused-ring (bicyclic) bond motifs is 1. The van der Waals surface area contributed by atoms with Crippen LogP contribution in [0.1, 0.15) is 17.2 Å². The predicted molar refractivity (Wildman–Crippen MR) is 131 cm³/mol. The number of hydrogen-bond donors (Lipinski definition) is 6. The van der Waals surface area contributed by atoms with Crippen molar-refractivity contribution in [2.24, 2.45) is 0 Å². The first-order chi connectivity index (χ1) is 18.3. The lowest BCUT2D eigenvalue weighted by molar-refractivity contribution is -0.277. The molecular formula is C26H32O12. The minimum atomic E-state index is -1.59. The van der Waals surface area contributed by atoms with E-state index in [2.05, 4.69) is 0 Å². The Morgan fingerprint density at radius 3 is 2.21 bits per heavy atom. The van der Waals surface area contributed by atoms with Crippen LogP contribution in [0.4, 0.5) is 0 Å². The molecule has 1 saturated heterocycles. The van der Waals surface area contributed by atoms with Gasteiger partial charge in [0.2, 0.25) is 12.0 Å². The van der Waals surface area contributed by atoms with Gasteiger partial charge in [0.1, 0.15) is 24.4 Å².